The van der Waals surface area contributed by atoms with E-state index in [4.69, 9.17) is 9.16 Å². The third kappa shape index (κ3) is 6.31. The first-order valence-corrected chi connectivity index (χ1v) is 15.9. The number of carbonyl (C=O) groups is 1. The number of thiophene rings is 1. The van der Waals surface area contributed by atoms with E-state index in [0.29, 0.717) is 33.7 Å². The lowest BCUT2D eigenvalue weighted by Gasteiger charge is -2.36. The third-order valence-electron chi connectivity index (χ3n) is 6.60. The summed E-state index contributed by atoms with van der Waals surface area (Å²) in [6.45, 7) is 19.2. The standard InChI is InChI=1S/C26H40N2O5SSi/c1-10-12-13-15-18(3)28-23-20(19(4)21(34-23)24(30)32-11-2)22(29)27(25(28)31)16-14-17-33-35(8,9)26(5,6)7/h10,12-13,15,18H,11,14,16-17H2,1-9H3/b12-10-,15-13-. The Labute approximate surface area is 213 Å². The topological polar surface area (TPSA) is 79.5 Å². The Balaban J connectivity index is 2.58. The minimum atomic E-state index is -1.92. The minimum absolute atomic E-state index is 0.0848. The predicted molar refractivity (Wildman–Crippen MR) is 147 cm³/mol. The van der Waals surface area contributed by atoms with Crippen LogP contribution in [-0.2, 0) is 15.7 Å². The maximum atomic E-state index is 13.6. The Kier molecular flexibility index (Phi) is 9.67. The van der Waals surface area contributed by atoms with E-state index >= 15 is 0 Å². The second-order valence-electron chi connectivity index (χ2n) is 10.2. The van der Waals surface area contributed by atoms with Crippen molar-refractivity contribution in [3.8, 4) is 0 Å². The van der Waals surface area contributed by atoms with Crippen molar-refractivity contribution >= 4 is 35.8 Å². The molecule has 0 N–H and O–H groups in total. The molecule has 0 aliphatic carbocycles. The number of nitrogens with zero attached hydrogens (tertiary/aromatic N) is 2. The van der Waals surface area contributed by atoms with Crippen molar-refractivity contribution in [1.29, 1.82) is 0 Å². The highest BCUT2D eigenvalue weighted by atomic mass is 32.1. The largest absolute Gasteiger partial charge is 0.462 e. The van der Waals surface area contributed by atoms with E-state index in [1.165, 1.54) is 4.57 Å². The summed E-state index contributed by atoms with van der Waals surface area (Å²) in [6, 6.07) is -0.315. The van der Waals surface area contributed by atoms with E-state index < -0.39 is 14.3 Å². The van der Waals surface area contributed by atoms with Gasteiger partial charge in [-0.3, -0.25) is 13.9 Å². The van der Waals surface area contributed by atoms with Gasteiger partial charge in [0.05, 0.1) is 18.0 Å². The van der Waals surface area contributed by atoms with Crippen molar-refractivity contribution in [2.45, 2.75) is 85.6 Å². The van der Waals surface area contributed by atoms with Crippen molar-refractivity contribution < 1.29 is 14.0 Å². The summed E-state index contributed by atoms with van der Waals surface area (Å²) in [5, 5.41) is 0.482. The zero-order chi connectivity index (χ0) is 26.6. The molecule has 7 nitrogen and oxygen atoms in total. The Hall–Kier alpha value is -2.23. The number of aryl methyl sites for hydroxylation is 1. The normalized spacial score (nSPS) is 13.9. The van der Waals surface area contributed by atoms with E-state index in [-0.39, 0.29) is 35.5 Å². The molecule has 0 aliphatic heterocycles. The molecular weight excluding hydrogens is 480 g/mol. The first-order valence-electron chi connectivity index (χ1n) is 12.2. The van der Waals surface area contributed by atoms with Gasteiger partial charge < -0.3 is 9.16 Å². The van der Waals surface area contributed by atoms with Crippen LogP contribution in [0.1, 0.15) is 69.2 Å². The number of carbonyl (C=O) groups excluding carboxylic acids is 1. The van der Waals surface area contributed by atoms with E-state index in [1.807, 2.05) is 38.2 Å². The number of rotatable bonds is 10. The SMILES string of the molecule is C/C=C\C=C/C(C)n1c(=O)n(CCCO[Si](C)(C)C(C)(C)C)c(=O)c2c(C)c(C(=O)OCC)sc21. The number of fused-ring (bicyclic) bond motifs is 1. The van der Waals surface area contributed by atoms with Gasteiger partial charge in [0.2, 0.25) is 0 Å². The molecule has 2 aromatic heterocycles. The fourth-order valence-corrected chi connectivity index (χ4v) is 5.86. The van der Waals surface area contributed by atoms with Crippen LogP contribution in [0, 0.1) is 6.92 Å². The van der Waals surface area contributed by atoms with Gasteiger partial charge in [0.1, 0.15) is 9.71 Å². The quantitative estimate of drug-likeness (QED) is 0.171. The van der Waals surface area contributed by atoms with Crippen LogP contribution in [0.5, 0.6) is 0 Å². The lowest BCUT2D eigenvalue weighted by molar-refractivity contribution is 0.0531. The molecule has 1 unspecified atom stereocenters. The first-order chi connectivity index (χ1) is 16.3. The van der Waals surface area contributed by atoms with Crippen LogP contribution in [0.3, 0.4) is 0 Å². The molecule has 35 heavy (non-hydrogen) atoms. The van der Waals surface area contributed by atoms with Gasteiger partial charge in [0.25, 0.3) is 5.56 Å². The molecule has 0 saturated carbocycles. The van der Waals surface area contributed by atoms with Crippen molar-refractivity contribution in [3.63, 3.8) is 0 Å². The summed E-state index contributed by atoms with van der Waals surface area (Å²) in [5.41, 5.74) is -0.204. The molecule has 0 amide bonds. The second kappa shape index (κ2) is 11.7. The Morgan fingerprint density at radius 3 is 2.43 bits per heavy atom. The van der Waals surface area contributed by atoms with Crippen LogP contribution in [0.4, 0.5) is 0 Å². The Morgan fingerprint density at radius 2 is 1.86 bits per heavy atom. The van der Waals surface area contributed by atoms with Gasteiger partial charge in [-0.25, -0.2) is 9.59 Å². The monoisotopic (exact) mass is 520 g/mol. The molecule has 2 aromatic rings. The number of hydrogen-bond donors (Lipinski definition) is 0. The summed E-state index contributed by atoms with van der Waals surface area (Å²) in [4.78, 5) is 40.5. The van der Waals surface area contributed by atoms with Crippen molar-refractivity contribution in [2.24, 2.45) is 0 Å². The zero-order valence-corrected chi connectivity index (χ0v) is 24.4. The number of allylic oxidation sites excluding steroid dienone is 4. The highest BCUT2D eigenvalue weighted by molar-refractivity contribution is 7.20. The number of hydrogen-bond acceptors (Lipinski definition) is 6. The van der Waals surface area contributed by atoms with Crippen LogP contribution in [-0.4, -0.2) is 36.6 Å². The molecule has 0 saturated heterocycles. The van der Waals surface area contributed by atoms with Gasteiger partial charge in [0, 0.05) is 13.2 Å². The second-order valence-corrected chi connectivity index (χ2v) is 16.0. The van der Waals surface area contributed by atoms with Gasteiger partial charge in [-0.15, -0.1) is 11.3 Å². The number of ether oxygens (including phenoxy) is 1. The predicted octanol–water partition coefficient (Wildman–Crippen LogP) is 5.82. The molecule has 2 heterocycles. The minimum Gasteiger partial charge on any atom is -0.462 e. The van der Waals surface area contributed by atoms with Crippen molar-refractivity contribution in [1.82, 2.24) is 9.13 Å². The third-order valence-corrected chi connectivity index (χ3v) is 12.4. The molecule has 1 atom stereocenters. The molecule has 0 radical (unpaired) electrons. The fourth-order valence-electron chi connectivity index (χ4n) is 3.49. The molecule has 0 spiro atoms. The number of aromatic nitrogens is 2. The Morgan fingerprint density at radius 1 is 1.20 bits per heavy atom. The van der Waals surface area contributed by atoms with Gasteiger partial charge in [-0.2, -0.15) is 0 Å². The smallest absolute Gasteiger partial charge is 0.348 e. The van der Waals surface area contributed by atoms with Crippen LogP contribution < -0.4 is 11.2 Å². The molecule has 0 bridgehead atoms. The molecule has 0 aromatic carbocycles. The molecule has 0 aliphatic rings. The van der Waals surface area contributed by atoms with Crippen molar-refractivity contribution in [2.75, 3.05) is 13.2 Å². The van der Waals surface area contributed by atoms with Crippen LogP contribution in [0.15, 0.2) is 33.9 Å². The summed E-state index contributed by atoms with van der Waals surface area (Å²) in [6.07, 6.45) is 8.10. The van der Waals surface area contributed by atoms with Gasteiger partial charge in [-0.05, 0) is 57.8 Å². The van der Waals surface area contributed by atoms with E-state index in [2.05, 4.69) is 33.9 Å². The molecular formula is C26H40N2O5SSi. The highest BCUT2D eigenvalue weighted by Gasteiger charge is 2.36. The lowest BCUT2D eigenvalue weighted by Crippen LogP contribution is -2.42. The average molecular weight is 521 g/mol. The molecule has 2 rings (SSSR count). The van der Waals surface area contributed by atoms with Gasteiger partial charge in [-0.1, -0.05) is 45.1 Å². The summed E-state index contributed by atoms with van der Waals surface area (Å²) < 4.78 is 14.3. The maximum absolute atomic E-state index is 13.6. The van der Waals surface area contributed by atoms with E-state index in [0.717, 1.165) is 11.3 Å². The molecule has 0 fully saturated rings. The van der Waals surface area contributed by atoms with Crippen LogP contribution in [0.25, 0.3) is 10.2 Å². The maximum Gasteiger partial charge on any atom is 0.348 e. The van der Waals surface area contributed by atoms with Gasteiger partial charge in [0.15, 0.2) is 8.32 Å². The van der Waals surface area contributed by atoms with Crippen molar-refractivity contribution in [3.05, 3.63) is 55.6 Å². The first kappa shape index (κ1) is 29.0. The van der Waals surface area contributed by atoms with Crippen LogP contribution >= 0.6 is 11.3 Å². The van der Waals surface area contributed by atoms with E-state index in [9.17, 15) is 14.4 Å². The highest BCUT2D eigenvalue weighted by Crippen LogP contribution is 2.36. The fraction of sp³-hybridized carbons (Fsp3) is 0.577. The summed E-state index contributed by atoms with van der Waals surface area (Å²) >= 11 is 1.14. The molecule has 9 heteroatoms. The van der Waals surface area contributed by atoms with Crippen LogP contribution in [0.2, 0.25) is 18.1 Å². The molecule has 194 valence electrons. The van der Waals surface area contributed by atoms with Gasteiger partial charge >= 0.3 is 11.7 Å². The summed E-state index contributed by atoms with van der Waals surface area (Å²) in [7, 11) is -1.92. The summed E-state index contributed by atoms with van der Waals surface area (Å²) in [5.74, 6) is -0.476. The average Bonchev–Trinajstić information content (AvgIpc) is 3.09. The van der Waals surface area contributed by atoms with E-state index in [1.54, 1.807) is 18.4 Å². The zero-order valence-electron chi connectivity index (χ0n) is 22.6. The lowest BCUT2D eigenvalue weighted by atomic mass is 10.2. The Bertz CT molecular complexity index is 1230. The number of esters is 1.